The Bertz CT molecular complexity index is 751. The quantitative estimate of drug-likeness (QED) is 0.586. The number of anilines is 1. The van der Waals surface area contributed by atoms with Crippen LogP contribution < -0.4 is 20.7 Å². The number of methoxy groups -OCH3 is 1. The first-order valence-corrected chi connectivity index (χ1v) is 8.08. The zero-order chi connectivity index (χ0) is 18.8. The summed E-state index contributed by atoms with van der Waals surface area (Å²) in [6, 6.07) is 10.2. The van der Waals surface area contributed by atoms with E-state index in [4.69, 9.17) is 9.47 Å². The topological polar surface area (TPSA) is 102 Å². The molecule has 8 nitrogen and oxygen atoms in total. The van der Waals surface area contributed by atoms with Crippen molar-refractivity contribution in [2.24, 2.45) is 0 Å². The van der Waals surface area contributed by atoms with Crippen LogP contribution in [0.4, 0.5) is 5.69 Å². The third-order valence-electron chi connectivity index (χ3n) is 3.35. The van der Waals surface area contributed by atoms with Crippen molar-refractivity contribution in [1.29, 1.82) is 0 Å². The molecule has 0 unspecified atom stereocenters. The molecule has 0 radical (unpaired) electrons. The smallest absolute Gasteiger partial charge is 0.269 e. The molecule has 0 fully saturated rings. The first-order valence-electron chi connectivity index (χ1n) is 8.08. The Labute approximate surface area is 151 Å². The lowest BCUT2D eigenvalue weighted by Gasteiger charge is -2.13. The lowest BCUT2D eigenvalue weighted by molar-refractivity contribution is -0.115. The van der Waals surface area contributed by atoms with Gasteiger partial charge in [0.25, 0.3) is 5.91 Å². The van der Waals surface area contributed by atoms with Crippen LogP contribution in [0.1, 0.15) is 10.5 Å². The van der Waals surface area contributed by atoms with Crippen LogP contribution in [0.5, 0.6) is 11.5 Å². The monoisotopic (exact) mass is 358 g/mol. The van der Waals surface area contributed by atoms with Crippen molar-refractivity contribution in [2.45, 2.75) is 0 Å². The lowest BCUT2D eigenvalue weighted by Crippen LogP contribution is -2.30. The average molecular weight is 358 g/mol. The number of carbonyl (C=O) groups is 2. The largest absolute Gasteiger partial charge is 0.455 e. The Balaban J connectivity index is 2.05. The van der Waals surface area contributed by atoms with Crippen molar-refractivity contribution in [1.82, 2.24) is 15.6 Å². The Morgan fingerprint density at radius 1 is 1.19 bits per heavy atom. The molecule has 0 aliphatic carbocycles. The predicted octanol–water partition coefficient (Wildman–Crippen LogP) is 1.41. The molecule has 1 aromatic heterocycles. The SMILES string of the molecule is CNC(=O)c1cc(Oc2ccccc2NC(=O)CNCCOC)ccn1. The number of ether oxygens (including phenoxy) is 2. The summed E-state index contributed by atoms with van der Waals surface area (Å²) in [7, 11) is 3.13. The second-order valence-electron chi connectivity index (χ2n) is 5.27. The molecular weight excluding hydrogens is 336 g/mol. The number of pyridine rings is 1. The maximum atomic E-state index is 12.0. The maximum Gasteiger partial charge on any atom is 0.269 e. The van der Waals surface area contributed by atoms with Gasteiger partial charge >= 0.3 is 0 Å². The second-order valence-corrected chi connectivity index (χ2v) is 5.27. The van der Waals surface area contributed by atoms with Gasteiger partial charge < -0.3 is 25.4 Å². The molecule has 0 atom stereocenters. The number of amides is 2. The fourth-order valence-electron chi connectivity index (χ4n) is 2.08. The van der Waals surface area contributed by atoms with Gasteiger partial charge in [-0.15, -0.1) is 0 Å². The number of benzene rings is 1. The second kappa shape index (κ2) is 10.1. The van der Waals surface area contributed by atoms with E-state index >= 15 is 0 Å². The molecule has 0 bridgehead atoms. The predicted molar refractivity (Wildman–Crippen MR) is 97.5 cm³/mol. The highest BCUT2D eigenvalue weighted by Gasteiger charge is 2.10. The zero-order valence-corrected chi connectivity index (χ0v) is 14.7. The maximum absolute atomic E-state index is 12.0. The Morgan fingerprint density at radius 3 is 2.77 bits per heavy atom. The minimum Gasteiger partial charge on any atom is -0.455 e. The van der Waals surface area contributed by atoms with Crippen molar-refractivity contribution < 1.29 is 19.1 Å². The standard InChI is InChI=1S/C18H22N4O4/c1-19-18(24)15-11-13(7-8-21-15)26-16-6-4-3-5-14(16)22-17(23)12-20-9-10-25-2/h3-8,11,20H,9-10,12H2,1-2H3,(H,19,24)(H,22,23). The van der Waals surface area contributed by atoms with Gasteiger partial charge in [0.15, 0.2) is 5.75 Å². The van der Waals surface area contributed by atoms with E-state index in [1.807, 2.05) is 0 Å². The van der Waals surface area contributed by atoms with Crippen molar-refractivity contribution in [3.63, 3.8) is 0 Å². The summed E-state index contributed by atoms with van der Waals surface area (Å²) < 4.78 is 10.7. The minimum absolute atomic E-state index is 0.160. The van der Waals surface area contributed by atoms with Crippen molar-refractivity contribution in [2.75, 3.05) is 39.2 Å². The summed E-state index contributed by atoms with van der Waals surface area (Å²) in [6.07, 6.45) is 1.49. The molecule has 0 saturated carbocycles. The van der Waals surface area contributed by atoms with E-state index in [1.165, 1.54) is 19.3 Å². The number of nitrogens with zero attached hydrogens (tertiary/aromatic N) is 1. The molecule has 2 amide bonds. The van der Waals surface area contributed by atoms with Gasteiger partial charge in [0.2, 0.25) is 5.91 Å². The molecular formula is C18H22N4O4. The third kappa shape index (κ3) is 5.83. The van der Waals surface area contributed by atoms with Gasteiger partial charge in [-0.2, -0.15) is 0 Å². The summed E-state index contributed by atoms with van der Waals surface area (Å²) in [5.41, 5.74) is 0.776. The van der Waals surface area contributed by atoms with E-state index in [9.17, 15) is 9.59 Å². The molecule has 0 saturated heterocycles. The summed E-state index contributed by atoms with van der Waals surface area (Å²) in [5.74, 6) is 0.405. The van der Waals surface area contributed by atoms with Crippen LogP contribution in [0.25, 0.3) is 0 Å². The van der Waals surface area contributed by atoms with Gasteiger partial charge in [-0.3, -0.25) is 14.6 Å². The van der Waals surface area contributed by atoms with Crippen LogP contribution in [0.15, 0.2) is 42.6 Å². The number of carbonyl (C=O) groups excluding carboxylic acids is 2. The van der Waals surface area contributed by atoms with Gasteiger partial charge in [0.1, 0.15) is 11.4 Å². The summed E-state index contributed by atoms with van der Waals surface area (Å²) in [5, 5.41) is 8.27. The fraction of sp³-hybridized carbons (Fsp3) is 0.278. The number of rotatable bonds is 9. The first-order chi connectivity index (χ1) is 12.6. The van der Waals surface area contributed by atoms with Gasteiger partial charge in [0.05, 0.1) is 18.8 Å². The van der Waals surface area contributed by atoms with E-state index < -0.39 is 0 Å². The third-order valence-corrected chi connectivity index (χ3v) is 3.35. The van der Waals surface area contributed by atoms with Gasteiger partial charge in [-0.25, -0.2) is 0 Å². The van der Waals surface area contributed by atoms with Crippen LogP contribution in [0, 0.1) is 0 Å². The molecule has 0 aliphatic rings. The van der Waals surface area contributed by atoms with E-state index in [2.05, 4.69) is 20.9 Å². The number of nitrogens with one attached hydrogen (secondary N) is 3. The minimum atomic E-state index is -0.306. The van der Waals surface area contributed by atoms with E-state index in [0.29, 0.717) is 30.3 Å². The van der Waals surface area contributed by atoms with Gasteiger partial charge in [0, 0.05) is 33.0 Å². The highest BCUT2D eigenvalue weighted by Crippen LogP contribution is 2.29. The average Bonchev–Trinajstić information content (AvgIpc) is 2.66. The molecule has 26 heavy (non-hydrogen) atoms. The summed E-state index contributed by atoms with van der Waals surface area (Å²) >= 11 is 0. The first kappa shape index (κ1) is 19.4. The molecule has 3 N–H and O–H groups in total. The van der Waals surface area contributed by atoms with E-state index in [0.717, 1.165) is 0 Å². The van der Waals surface area contributed by atoms with E-state index in [-0.39, 0.29) is 24.1 Å². The summed E-state index contributed by atoms with van der Waals surface area (Å²) in [6.45, 7) is 1.28. The van der Waals surface area contributed by atoms with Crippen molar-refractivity contribution >= 4 is 17.5 Å². The number of hydrogen-bond acceptors (Lipinski definition) is 6. The van der Waals surface area contributed by atoms with Crippen LogP contribution >= 0.6 is 0 Å². The highest BCUT2D eigenvalue weighted by molar-refractivity contribution is 5.94. The fourth-order valence-corrected chi connectivity index (χ4v) is 2.08. The van der Waals surface area contributed by atoms with Gasteiger partial charge in [-0.05, 0) is 18.2 Å². The zero-order valence-electron chi connectivity index (χ0n) is 14.7. The van der Waals surface area contributed by atoms with Gasteiger partial charge in [-0.1, -0.05) is 12.1 Å². The van der Waals surface area contributed by atoms with E-state index in [1.54, 1.807) is 37.4 Å². The molecule has 0 spiro atoms. The molecule has 1 aromatic carbocycles. The molecule has 8 heteroatoms. The van der Waals surface area contributed by atoms with Crippen molar-refractivity contribution in [3.8, 4) is 11.5 Å². The van der Waals surface area contributed by atoms with Crippen molar-refractivity contribution in [3.05, 3.63) is 48.3 Å². The molecule has 1 heterocycles. The Hall–Kier alpha value is -2.97. The van der Waals surface area contributed by atoms with Crippen LogP contribution in [0.2, 0.25) is 0 Å². The van der Waals surface area contributed by atoms with Crippen LogP contribution in [-0.4, -0.2) is 50.7 Å². The molecule has 2 aromatic rings. The number of hydrogen-bond donors (Lipinski definition) is 3. The Morgan fingerprint density at radius 2 is 2.00 bits per heavy atom. The van der Waals surface area contributed by atoms with Crippen LogP contribution in [0.3, 0.4) is 0 Å². The molecule has 138 valence electrons. The normalized spacial score (nSPS) is 10.2. The Kier molecular flexibility index (Phi) is 7.53. The molecule has 2 rings (SSSR count). The van der Waals surface area contributed by atoms with Crippen LogP contribution in [-0.2, 0) is 9.53 Å². The molecule has 0 aliphatic heterocycles. The number of para-hydroxylation sites is 2. The lowest BCUT2D eigenvalue weighted by atomic mass is 10.2. The summed E-state index contributed by atoms with van der Waals surface area (Å²) in [4.78, 5) is 27.7. The number of aromatic nitrogens is 1. The highest BCUT2D eigenvalue weighted by atomic mass is 16.5.